The molecule has 1 aliphatic heterocycles. The van der Waals surface area contributed by atoms with Gasteiger partial charge >= 0.3 is 5.97 Å². The third-order valence-electron chi connectivity index (χ3n) is 2.68. The lowest BCUT2D eigenvalue weighted by atomic mass is 10.2. The van der Waals surface area contributed by atoms with Crippen molar-refractivity contribution in [2.24, 2.45) is 0 Å². The molecule has 1 atom stereocenters. The van der Waals surface area contributed by atoms with E-state index in [0.717, 1.165) is 5.69 Å². The number of rotatable bonds is 2. The Labute approximate surface area is 98.8 Å². The molecule has 1 saturated heterocycles. The predicted octanol–water partition coefficient (Wildman–Crippen LogP) is 0.848. The van der Waals surface area contributed by atoms with Crippen LogP contribution in [0.25, 0.3) is 0 Å². The molecule has 0 aliphatic carbocycles. The van der Waals surface area contributed by atoms with Gasteiger partial charge in [0.05, 0.1) is 24.8 Å². The zero-order valence-electron chi connectivity index (χ0n) is 9.17. The summed E-state index contributed by atoms with van der Waals surface area (Å²) in [5, 5.41) is 17.7. The Balaban J connectivity index is 2.16. The molecule has 0 radical (unpaired) electrons. The molecule has 1 aromatic rings. The first kappa shape index (κ1) is 11.4. The summed E-state index contributed by atoms with van der Waals surface area (Å²) in [7, 11) is 0. The highest BCUT2D eigenvalue weighted by Gasteiger charge is 2.26. The van der Waals surface area contributed by atoms with Crippen molar-refractivity contribution < 1.29 is 14.6 Å². The van der Waals surface area contributed by atoms with Crippen LogP contribution in [0.5, 0.6) is 0 Å². The topological polar surface area (TPSA) is 73.6 Å². The van der Waals surface area contributed by atoms with E-state index in [1.54, 1.807) is 18.2 Å². The number of nitriles is 1. The number of ether oxygens (including phenoxy) is 1. The summed E-state index contributed by atoms with van der Waals surface area (Å²) in [6.07, 6.45) is -0.797. The maximum atomic E-state index is 10.9. The van der Waals surface area contributed by atoms with E-state index in [4.69, 9.17) is 15.1 Å². The van der Waals surface area contributed by atoms with E-state index in [-0.39, 0.29) is 0 Å². The lowest BCUT2D eigenvalue weighted by Crippen LogP contribution is -2.46. The highest BCUT2D eigenvalue weighted by Crippen LogP contribution is 2.19. The van der Waals surface area contributed by atoms with Gasteiger partial charge in [-0.3, -0.25) is 0 Å². The molecule has 1 unspecified atom stereocenters. The van der Waals surface area contributed by atoms with Crippen LogP contribution in [0.15, 0.2) is 24.3 Å². The number of nitrogens with zero attached hydrogens (tertiary/aromatic N) is 2. The Bertz CT molecular complexity index is 467. The van der Waals surface area contributed by atoms with Gasteiger partial charge in [-0.1, -0.05) is 6.07 Å². The molecule has 1 aromatic carbocycles. The van der Waals surface area contributed by atoms with Crippen LogP contribution < -0.4 is 4.90 Å². The van der Waals surface area contributed by atoms with E-state index < -0.39 is 12.1 Å². The summed E-state index contributed by atoms with van der Waals surface area (Å²) < 4.78 is 5.14. The Morgan fingerprint density at radius 3 is 3.12 bits per heavy atom. The molecule has 0 spiro atoms. The van der Waals surface area contributed by atoms with Crippen LogP contribution in [0.3, 0.4) is 0 Å². The van der Waals surface area contributed by atoms with Gasteiger partial charge in [0.2, 0.25) is 0 Å². The molecule has 5 heteroatoms. The summed E-state index contributed by atoms with van der Waals surface area (Å²) in [6.45, 7) is 1.33. The first-order chi connectivity index (χ1) is 8.20. The Hall–Kier alpha value is -2.06. The summed E-state index contributed by atoms with van der Waals surface area (Å²) in [5.74, 6) is -0.953. The van der Waals surface area contributed by atoms with Crippen LogP contribution in [-0.2, 0) is 9.53 Å². The number of carboxylic acid groups (broad SMARTS) is 1. The molecule has 2 rings (SSSR count). The van der Waals surface area contributed by atoms with E-state index in [9.17, 15) is 4.79 Å². The van der Waals surface area contributed by atoms with Crippen molar-refractivity contribution in [3.05, 3.63) is 29.8 Å². The van der Waals surface area contributed by atoms with Crippen molar-refractivity contribution in [2.75, 3.05) is 24.6 Å². The summed E-state index contributed by atoms with van der Waals surface area (Å²) >= 11 is 0. The highest BCUT2D eigenvalue weighted by molar-refractivity contribution is 5.73. The van der Waals surface area contributed by atoms with Crippen molar-refractivity contribution in [1.29, 1.82) is 5.26 Å². The number of hydrogen-bond acceptors (Lipinski definition) is 4. The van der Waals surface area contributed by atoms with E-state index in [0.29, 0.717) is 25.3 Å². The standard InChI is InChI=1S/C12H12N2O3/c13-7-9-2-1-3-10(6-9)14-4-5-17-11(8-14)12(15)16/h1-3,6,11H,4-5,8H2,(H,15,16). The van der Waals surface area contributed by atoms with Crippen LogP contribution in [-0.4, -0.2) is 36.9 Å². The summed E-state index contributed by atoms with van der Waals surface area (Å²) in [5.41, 5.74) is 1.43. The van der Waals surface area contributed by atoms with Crippen molar-refractivity contribution >= 4 is 11.7 Å². The van der Waals surface area contributed by atoms with Crippen molar-refractivity contribution in [3.8, 4) is 6.07 Å². The number of hydrogen-bond donors (Lipinski definition) is 1. The number of aliphatic carboxylic acids is 1. The normalized spacial score (nSPS) is 19.7. The number of benzene rings is 1. The average Bonchev–Trinajstić information content (AvgIpc) is 2.39. The molecule has 17 heavy (non-hydrogen) atoms. The van der Waals surface area contributed by atoms with Gasteiger partial charge in [-0.05, 0) is 18.2 Å². The third kappa shape index (κ3) is 2.55. The maximum absolute atomic E-state index is 10.9. The summed E-state index contributed by atoms with van der Waals surface area (Å²) in [6, 6.07) is 9.20. The second-order valence-corrected chi connectivity index (χ2v) is 3.81. The second-order valence-electron chi connectivity index (χ2n) is 3.81. The molecule has 0 aromatic heterocycles. The van der Waals surface area contributed by atoms with Crippen molar-refractivity contribution in [1.82, 2.24) is 0 Å². The first-order valence-electron chi connectivity index (χ1n) is 5.30. The Morgan fingerprint density at radius 2 is 2.41 bits per heavy atom. The van der Waals surface area contributed by atoms with Crippen molar-refractivity contribution in [3.63, 3.8) is 0 Å². The fraction of sp³-hybridized carbons (Fsp3) is 0.333. The fourth-order valence-corrected chi connectivity index (χ4v) is 1.81. The molecule has 0 saturated carbocycles. The summed E-state index contributed by atoms with van der Waals surface area (Å²) in [4.78, 5) is 12.8. The van der Waals surface area contributed by atoms with E-state index in [2.05, 4.69) is 6.07 Å². The largest absolute Gasteiger partial charge is 0.479 e. The van der Waals surface area contributed by atoms with Crippen LogP contribution in [0.2, 0.25) is 0 Å². The van der Waals surface area contributed by atoms with E-state index in [1.165, 1.54) is 0 Å². The second kappa shape index (κ2) is 4.85. The monoisotopic (exact) mass is 232 g/mol. The minimum Gasteiger partial charge on any atom is -0.479 e. The molecule has 88 valence electrons. The van der Waals surface area contributed by atoms with E-state index >= 15 is 0 Å². The molecule has 0 bridgehead atoms. The van der Waals surface area contributed by atoms with Crippen LogP contribution in [0.1, 0.15) is 5.56 Å². The lowest BCUT2D eigenvalue weighted by molar-refractivity contribution is -0.150. The molecule has 0 amide bonds. The zero-order chi connectivity index (χ0) is 12.3. The van der Waals surface area contributed by atoms with Crippen LogP contribution in [0, 0.1) is 11.3 Å². The predicted molar refractivity (Wildman–Crippen MR) is 60.7 cm³/mol. The van der Waals surface area contributed by atoms with Crippen LogP contribution in [0.4, 0.5) is 5.69 Å². The molecular weight excluding hydrogens is 220 g/mol. The van der Waals surface area contributed by atoms with Gasteiger partial charge in [-0.15, -0.1) is 0 Å². The molecule has 1 heterocycles. The quantitative estimate of drug-likeness (QED) is 0.818. The molecule has 1 fully saturated rings. The van der Waals surface area contributed by atoms with Crippen LogP contribution >= 0.6 is 0 Å². The average molecular weight is 232 g/mol. The number of morpholine rings is 1. The SMILES string of the molecule is N#Cc1cccc(N2CCOC(C(=O)O)C2)c1. The Kier molecular flexibility index (Phi) is 3.26. The van der Waals surface area contributed by atoms with Gasteiger partial charge in [-0.25, -0.2) is 4.79 Å². The minimum atomic E-state index is -0.953. The van der Waals surface area contributed by atoms with E-state index in [1.807, 2.05) is 11.0 Å². The number of carbonyl (C=O) groups is 1. The third-order valence-corrected chi connectivity index (χ3v) is 2.68. The Morgan fingerprint density at radius 1 is 1.59 bits per heavy atom. The first-order valence-corrected chi connectivity index (χ1v) is 5.30. The molecular formula is C12H12N2O3. The molecule has 5 nitrogen and oxygen atoms in total. The van der Waals surface area contributed by atoms with Gasteiger partial charge in [0.1, 0.15) is 0 Å². The lowest BCUT2D eigenvalue weighted by Gasteiger charge is -2.32. The fourth-order valence-electron chi connectivity index (χ4n) is 1.81. The number of carboxylic acids is 1. The van der Waals surface area contributed by atoms with Gasteiger partial charge < -0.3 is 14.7 Å². The van der Waals surface area contributed by atoms with Gasteiger partial charge in [-0.2, -0.15) is 5.26 Å². The van der Waals surface area contributed by atoms with Gasteiger partial charge in [0.25, 0.3) is 0 Å². The zero-order valence-corrected chi connectivity index (χ0v) is 9.17. The highest BCUT2D eigenvalue weighted by atomic mass is 16.5. The molecule has 1 N–H and O–H groups in total. The molecule has 1 aliphatic rings. The minimum absolute atomic E-state index is 0.310. The maximum Gasteiger partial charge on any atom is 0.334 e. The van der Waals surface area contributed by atoms with Gasteiger partial charge in [0, 0.05) is 12.2 Å². The number of anilines is 1. The van der Waals surface area contributed by atoms with Gasteiger partial charge in [0.15, 0.2) is 6.10 Å². The van der Waals surface area contributed by atoms with Crippen molar-refractivity contribution in [2.45, 2.75) is 6.10 Å². The smallest absolute Gasteiger partial charge is 0.334 e.